The molecule has 0 aromatic heterocycles. The number of benzene rings is 1. The first-order chi connectivity index (χ1) is 9.61. The third-order valence-corrected chi connectivity index (χ3v) is 4.22. The second-order valence-electron chi connectivity index (χ2n) is 5.63. The Kier molecular flexibility index (Phi) is 4.76. The summed E-state index contributed by atoms with van der Waals surface area (Å²) in [5.74, 6) is 2.35. The molecular formula is C16H25NO3. The molecule has 0 bridgehead atoms. The first-order valence-corrected chi connectivity index (χ1v) is 7.16. The van der Waals surface area contributed by atoms with E-state index in [0.29, 0.717) is 0 Å². The maximum Gasteiger partial charge on any atom is 0.130 e. The average molecular weight is 279 g/mol. The SMILES string of the molecule is COc1cc(OC)c(CNC2(C)CCCC2)c(OC)c1. The Bertz CT molecular complexity index is 428. The molecule has 1 aliphatic carbocycles. The zero-order valence-electron chi connectivity index (χ0n) is 12.9. The summed E-state index contributed by atoms with van der Waals surface area (Å²) in [5.41, 5.74) is 1.28. The molecule has 0 spiro atoms. The van der Waals surface area contributed by atoms with E-state index >= 15 is 0 Å². The smallest absolute Gasteiger partial charge is 0.130 e. The van der Waals surface area contributed by atoms with Crippen LogP contribution >= 0.6 is 0 Å². The third-order valence-electron chi connectivity index (χ3n) is 4.22. The highest BCUT2D eigenvalue weighted by Crippen LogP contribution is 2.35. The summed E-state index contributed by atoms with van der Waals surface area (Å²) < 4.78 is 16.2. The fraction of sp³-hybridized carbons (Fsp3) is 0.625. The zero-order chi connectivity index (χ0) is 14.6. The molecule has 20 heavy (non-hydrogen) atoms. The molecule has 1 aliphatic rings. The normalized spacial score (nSPS) is 17.0. The quantitative estimate of drug-likeness (QED) is 0.868. The number of hydrogen-bond acceptors (Lipinski definition) is 4. The average Bonchev–Trinajstić information content (AvgIpc) is 2.91. The minimum atomic E-state index is 0.232. The van der Waals surface area contributed by atoms with Crippen LogP contribution in [0, 0.1) is 0 Å². The topological polar surface area (TPSA) is 39.7 Å². The Morgan fingerprint density at radius 3 is 2.00 bits per heavy atom. The minimum Gasteiger partial charge on any atom is -0.496 e. The number of ether oxygens (including phenoxy) is 3. The van der Waals surface area contributed by atoms with Gasteiger partial charge in [0.1, 0.15) is 17.2 Å². The van der Waals surface area contributed by atoms with Crippen LogP contribution in [0.4, 0.5) is 0 Å². The van der Waals surface area contributed by atoms with E-state index < -0.39 is 0 Å². The monoisotopic (exact) mass is 279 g/mol. The summed E-state index contributed by atoms with van der Waals surface area (Å²) >= 11 is 0. The van der Waals surface area contributed by atoms with Gasteiger partial charge in [0.25, 0.3) is 0 Å². The molecule has 0 saturated heterocycles. The van der Waals surface area contributed by atoms with E-state index in [9.17, 15) is 0 Å². The van der Waals surface area contributed by atoms with Gasteiger partial charge >= 0.3 is 0 Å². The largest absolute Gasteiger partial charge is 0.496 e. The Hall–Kier alpha value is -1.42. The van der Waals surface area contributed by atoms with Crippen molar-refractivity contribution in [3.05, 3.63) is 17.7 Å². The van der Waals surface area contributed by atoms with Gasteiger partial charge in [0, 0.05) is 24.2 Å². The van der Waals surface area contributed by atoms with Crippen LogP contribution < -0.4 is 19.5 Å². The van der Waals surface area contributed by atoms with Gasteiger partial charge in [-0.1, -0.05) is 12.8 Å². The fourth-order valence-corrected chi connectivity index (χ4v) is 2.89. The van der Waals surface area contributed by atoms with Crippen molar-refractivity contribution in [3.8, 4) is 17.2 Å². The maximum atomic E-state index is 5.48. The lowest BCUT2D eigenvalue weighted by Gasteiger charge is -2.26. The number of methoxy groups -OCH3 is 3. The first kappa shape index (κ1) is 15.0. The zero-order valence-corrected chi connectivity index (χ0v) is 12.9. The van der Waals surface area contributed by atoms with E-state index in [2.05, 4.69) is 12.2 Å². The van der Waals surface area contributed by atoms with Crippen LogP contribution in [0.5, 0.6) is 17.2 Å². The van der Waals surface area contributed by atoms with Gasteiger partial charge in [0.05, 0.1) is 26.9 Å². The molecular weight excluding hydrogens is 254 g/mol. The summed E-state index contributed by atoms with van der Waals surface area (Å²) in [6, 6.07) is 3.80. The molecule has 4 heteroatoms. The van der Waals surface area contributed by atoms with Gasteiger partial charge in [-0.3, -0.25) is 0 Å². The third kappa shape index (κ3) is 3.18. The lowest BCUT2D eigenvalue weighted by molar-refractivity contribution is 0.339. The molecule has 0 aliphatic heterocycles. The van der Waals surface area contributed by atoms with E-state index in [0.717, 1.165) is 29.4 Å². The van der Waals surface area contributed by atoms with Crippen molar-refractivity contribution in [1.29, 1.82) is 0 Å². The second kappa shape index (κ2) is 6.35. The number of nitrogens with one attached hydrogen (secondary N) is 1. The predicted molar refractivity (Wildman–Crippen MR) is 79.8 cm³/mol. The van der Waals surface area contributed by atoms with Gasteiger partial charge in [0.2, 0.25) is 0 Å². The molecule has 1 N–H and O–H groups in total. The standard InChI is InChI=1S/C16H25NO3/c1-16(7-5-6-8-16)17-11-13-14(19-3)9-12(18-2)10-15(13)20-4/h9-10,17H,5-8,11H2,1-4H3. The Balaban J connectivity index is 2.20. The van der Waals surface area contributed by atoms with Crippen molar-refractivity contribution in [3.63, 3.8) is 0 Å². The lowest BCUT2D eigenvalue weighted by atomic mass is 10.00. The van der Waals surface area contributed by atoms with Crippen LogP contribution in [0.15, 0.2) is 12.1 Å². The second-order valence-corrected chi connectivity index (χ2v) is 5.63. The fourth-order valence-electron chi connectivity index (χ4n) is 2.89. The first-order valence-electron chi connectivity index (χ1n) is 7.16. The van der Waals surface area contributed by atoms with Crippen molar-refractivity contribution in [2.75, 3.05) is 21.3 Å². The highest BCUT2D eigenvalue weighted by Gasteiger charge is 2.28. The molecule has 0 amide bonds. The summed E-state index contributed by atoms with van der Waals surface area (Å²) in [4.78, 5) is 0. The van der Waals surface area contributed by atoms with Crippen molar-refractivity contribution in [2.45, 2.75) is 44.7 Å². The van der Waals surface area contributed by atoms with Crippen molar-refractivity contribution >= 4 is 0 Å². The minimum absolute atomic E-state index is 0.232. The Labute approximate surface area is 121 Å². The molecule has 0 atom stereocenters. The lowest BCUT2D eigenvalue weighted by Crippen LogP contribution is -2.38. The summed E-state index contributed by atoms with van der Waals surface area (Å²) in [6.45, 7) is 3.04. The van der Waals surface area contributed by atoms with Crippen LogP contribution in [0.2, 0.25) is 0 Å². The molecule has 2 rings (SSSR count). The van der Waals surface area contributed by atoms with Gasteiger partial charge in [-0.15, -0.1) is 0 Å². The van der Waals surface area contributed by atoms with Crippen LogP contribution in [-0.2, 0) is 6.54 Å². The van der Waals surface area contributed by atoms with Gasteiger partial charge in [-0.25, -0.2) is 0 Å². The number of rotatable bonds is 6. The maximum absolute atomic E-state index is 5.48. The molecule has 0 heterocycles. The van der Waals surface area contributed by atoms with Gasteiger partial charge in [0.15, 0.2) is 0 Å². The number of hydrogen-bond donors (Lipinski definition) is 1. The van der Waals surface area contributed by atoms with E-state index in [1.807, 2.05) is 12.1 Å². The molecule has 0 unspecified atom stereocenters. The molecule has 112 valence electrons. The molecule has 0 radical (unpaired) electrons. The van der Waals surface area contributed by atoms with Crippen molar-refractivity contribution < 1.29 is 14.2 Å². The molecule has 1 aromatic carbocycles. The molecule has 4 nitrogen and oxygen atoms in total. The van der Waals surface area contributed by atoms with E-state index in [-0.39, 0.29) is 5.54 Å². The van der Waals surface area contributed by atoms with Crippen LogP contribution in [0.1, 0.15) is 38.2 Å². The van der Waals surface area contributed by atoms with E-state index in [4.69, 9.17) is 14.2 Å². The van der Waals surface area contributed by atoms with E-state index in [1.165, 1.54) is 25.7 Å². The summed E-state index contributed by atoms with van der Waals surface area (Å²) in [6.07, 6.45) is 5.07. The van der Waals surface area contributed by atoms with Gasteiger partial charge in [-0.05, 0) is 19.8 Å². The van der Waals surface area contributed by atoms with Crippen LogP contribution in [-0.4, -0.2) is 26.9 Å². The summed E-state index contributed by atoms with van der Waals surface area (Å²) in [5, 5.41) is 3.66. The Morgan fingerprint density at radius 2 is 1.55 bits per heavy atom. The van der Waals surface area contributed by atoms with Gasteiger partial charge < -0.3 is 19.5 Å². The van der Waals surface area contributed by atoms with Crippen molar-refractivity contribution in [2.24, 2.45) is 0 Å². The Morgan fingerprint density at radius 1 is 1.00 bits per heavy atom. The van der Waals surface area contributed by atoms with Crippen LogP contribution in [0.3, 0.4) is 0 Å². The highest BCUT2D eigenvalue weighted by molar-refractivity contribution is 5.50. The highest BCUT2D eigenvalue weighted by atomic mass is 16.5. The molecule has 1 fully saturated rings. The predicted octanol–water partition coefficient (Wildman–Crippen LogP) is 3.13. The summed E-state index contributed by atoms with van der Waals surface area (Å²) in [7, 11) is 5.00. The van der Waals surface area contributed by atoms with Crippen LogP contribution in [0.25, 0.3) is 0 Å². The van der Waals surface area contributed by atoms with E-state index in [1.54, 1.807) is 21.3 Å². The molecule has 1 saturated carbocycles. The van der Waals surface area contributed by atoms with Gasteiger partial charge in [-0.2, -0.15) is 0 Å². The molecule has 1 aromatic rings. The van der Waals surface area contributed by atoms with Crippen molar-refractivity contribution in [1.82, 2.24) is 5.32 Å².